The predicted octanol–water partition coefficient (Wildman–Crippen LogP) is 6.34. The van der Waals surface area contributed by atoms with E-state index >= 15 is 0 Å². The van der Waals surface area contributed by atoms with E-state index in [9.17, 15) is 9.59 Å². The fraction of sp³-hybridized carbons (Fsp3) is 0.417. The second-order valence-electron chi connectivity index (χ2n) is 7.53. The van der Waals surface area contributed by atoms with Crippen molar-refractivity contribution in [1.29, 1.82) is 0 Å². The average Bonchev–Trinajstić information content (AvgIpc) is 2.78. The zero-order valence-corrected chi connectivity index (χ0v) is 18.8. The highest BCUT2D eigenvalue weighted by Crippen LogP contribution is 2.30. The molecule has 160 valence electrons. The van der Waals surface area contributed by atoms with Gasteiger partial charge in [0.2, 0.25) is 6.23 Å². The maximum Gasteiger partial charge on any atom is 0.412 e. The van der Waals surface area contributed by atoms with Crippen LogP contribution in [0.2, 0.25) is 0 Å². The summed E-state index contributed by atoms with van der Waals surface area (Å²) in [7, 11) is 0. The number of halogens is 1. The summed E-state index contributed by atoms with van der Waals surface area (Å²) in [5, 5.41) is 0. The van der Waals surface area contributed by atoms with Gasteiger partial charge in [0.1, 0.15) is 0 Å². The molecule has 0 radical (unpaired) electrons. The van der Waals surface area contributed by atoms with Crippen molar-refractivity contribution < 1.29 is 19.1 Å². The van der Waals surface area contributed by atoms with Gasteiger partial charge in [-0.1, -0.05) is 65.5 Å². The first-order chi connectivity index (χ1) is 14.6. The third-order valence-electron chi connectivity index (χ3n) is 5.35. The molecule has 1 amide bonds. The highest BCUT2D eigenvalue weighted by molar-refractivity contribution is 9.10. The Hall–Kier alpha value is -2.34. The number of esters is 1. The molecule has 2 aromatic carbocycles. The summed E-state index contributed by atoms with van der Waals surface area (Å²) in [6.07, 6.45) is 4.39. The van der Waals surface area contributed by atoms with E-state index in [0.29, 0.717) is 18.0 Å². The summed E-state index contributed by atoms with van der Waals surface area (Å²) in [5.74, 6) is -0.102. The average molecular weight is 474 g/mol. The Labute approximate surface area is 186 Å². The molecule has 0 heterocycles. The van der Waals surface area contributed by atoms with Crippen LogP contribution in [-0.4, -0.2) is 30.1 Å². The second kappa shape index (κ2) is 11.2. The number of nitrogens with zero attached hydrogens (tertiary/aromatic N) is 1. The van der Waals surface area contributed by atoms with E-state index in [0.717, 1.165) is 35.7 Å². The Morgan fingerprint density at radius 3 is 2.33 bits per heavy atom. The van der Waals surface area contributed by atoms with Gasteiger partial charge in [0.05, 0.1) is 12.2 Å². The lowest BCUT2D eigenvalue weighted by atomic mass is 9.89. The van der Waals surface area contributed by atoms with Gasteiger partial charge in [0.25, 0.3) is 0 Å². The van der Waals surface area contributed by atoms with E-state index in [1.54, 1.807) is 36.1 Å². The quantitative estimate of drug-likeness (QED) is 0.347. The number of hydrogen-bond acceptors (Lipinski definition) is 4. The van der Waals surface area contributed by atoms with E-state index in [1.165, 1.54) is 6.42 Å². The van der Waals surface area contributed by atoms with Crippen LogP contribution in [0.3, 0.4) is 0 Å². The number of carbonyl (C=O) groups excluding carboxylic acids is 2. The molecule has 0 aromatic heterocycles. The number of carbonyl (C=O) groups is 2. The summed E-state index contributed by atoms with van der Waals surface area (Å²) in [6, 6.07) is 16.4. The number of amides is 1. The van der Waals surface area contributed by atoms with Crippen molar-refractivity contribution in [2.24, 2.45) is 5.92 Å². The van der Waals surface area contributed by atoms with Gasteiger partial charge in [-0.3, -0.25) is 4.90 Å². The minimum Gasteiger partial charge on any atom is -0.450 e. The van der Waals surface area contributed by atoms with E-state index in [-0.39, 0.29) is 6.61 Å². The zero-order chi connectivity index (χ0) is 21.3. The van der Waals surface area contributed by atoms with Crippen molar-refractivity contribution in [3.63, 3.8) is 0 Å². The Morgan fingerprint density at radius 1 is 1.03 bits per heavy atom. The zero-order valence-electron chi connectivity index (χ0n) is 17.3. The predicted molar refractivity (Wildman–Crippen MR) is 119 cm³/mol. The van der Waals surface area contributed by atoms with Gasteiger partial charge in [-0.25, -0.2) is 9.59 Å². The fourth-order valence-electron chi connectivity index (χ4n) is 3.80. The van der Waals surface area contributed by atoms with Gasteiger partial charge in [-0.05, 0) is 49.9 Å². The van der Waals surface area contributed by atoms with Gasteiger partial charge in [0, 0.05) is 16.6 Å². The first-order valence-electron chi connectivity index (χ1n) is 10.5. The van der Waals surface area contributed by atoms with E-state index in [1.807, 2.05) is 30.3 Å². The SMILES string of the molecule is CCOC(=O)N(CC1CCCCC1)C(OC(=O)c1ccc(Br)cc1)c1ccccc1. The van der Waals surface area contributed by atoms with Gasteiger partial charge >= 0.3 is 12.1 Å². The smallest absolute Gasteiger partial charge is 0.412 e. The molecule has 1 aliphatic carbocycles. The summed E-state index contributed by atoms with van der Waals surface area (Å²) in [6.45, 7) is 2.55. The molecule has 1 fully saturated rings. The van der Waals surface area contributed by atoms with Crippen LogP contribution in [0.4, 0.5) is 4.79 Å². The lowest BCUT2D eigenvalue weighted by Crippen LogP contribution is -2.41. The van der Waals surface area contributed by atoms with Gasteiger partial charge in [-0.15, -0.1) is 0 Å². The van der Waals surface area contributed by atoms with Crippen LogP contribution in [0, 0.1) is 5.92 Å². The van der Waals surface area contributed by atoms with Crippen LogP contribution in [0.5, 0.6) is 0 Å². The molecule has 0 aliphatic heterocycles. The maximum atomic E-state index is 12.9. The molecule has 1 aliphatic rings. The molecule has 3 rings (SSSR count). The minimum absolute atomic E-state index is 0.266. The molecule has 2 aromatic rings. The Bertz CT molecular complexity index is 819. The normalized spacial score (nSPS) is 15.3. The Balaban J connectivity index is 1.89. The summed E-state index contributed by atoms with van der Waals surface area (Å²) < 4.78 is 12.1. The van der Waals surface area contributed by atoms with Crippen LogP contribution in [0.1, 0.15) is 61.2 Å². The highest BCUT2D eigenvalue weighted by atomic mass is 79.9. The molecular weight excluding hydrogens is 446 g/mol. The summed E-state index contributed by atoms with van der Waals surface area (Å²) in [5.41, 5.74) is 1.17. The second-order valence-corrected chi connectivity index (χ2v) is 8.45. The molecule has 1 unspecified atom stereocenters. The highest BCUT2D eigenvalue weighted by Gasteiger charge is 2.32. The lowest BCUT2D eigenvalue weighted by molar-refractivity contribution is -0.0379. The van der Waals surface area contributed by atoms with Crippen LogP contribution in [-0.2, 0) is 9.47 Å². The monoisotopic (exact) mass is 473 g/mol. The molecular formula is C24H28BrNO4. The van der Waals surface area contributed by atoms with Crippen LogP contribution in [0.25, 0.3) is 0 Å². The van der Waals surface area contributed by atoms with Crippen molar-refractivity contribution >= 4 is 28.0 Å². The molecule has 0 saturated heterocycles. The largest absolute Gasteiger partial charge is 0.450 e. The van der Waals surface area contributed by atoms with Crippen molar-refractivity contribution in [2.45, 2.75) is 45.3 Å². The summed E-state index contributed by atoms with van der Waals surface area (Å²) >= 11 is 3.38. The molecule has 1 saturated carbocycles. The van der Waals surface area contributed by atoms with Crippen molar-refractivity contribution in [3.05, 3.63) is 70.2 Å². The molecule has 1 atom stereocenters. The molecule has 6 heteroatoms. The molecule has 5 nitrogen and oxygen atoms in total. The molecule has 0 bridgehead atoms. The molecule has 0 spiro atoms. The van der Waals surface area contributed by atoms with Crippen molar-refractivity contribution in [2.75, 3.05) is 13.2 Å². The number of benzene rings is 2. The van der Waals surface area contributed by atoms with Crippen molar-refractivity contribution in [1.82, 2.24) is 4.90 Å². The van der Waals surface area contributed by atoms with Gasteiger partial charge in [-0.2, -0.15) is 0 Å². The van der Waals surface area contributed by atoms with E-state index in [2.05, 4.69) is 15.9 Å². The lowest BCUT2D eigenvalue weighted by Gasteiger charge is -2.34. The van der Waals surface area contributed by atoms with Crippen molar-refractivity contribution in [3.8, 4) is 0 Å². The third kappa shape index (κ3) is 6.08. The first-order valence-corrected chi connectivity index (χ1v) is 11.3. The minimum atomic E-state index is -0.844. The van der Waals surface area contributed by atoms with Crippen LogP contribution in [0.15, 0.2) is 59.1 Å². The first kappa shape index (κ1) is 22.3. The maximum absolute atomic E-state index is 12.9. The molecule has 0 N–H and O–H groups in total. The standard InChI is InChI=1S/C24H28BrNO4/c1-2-29-24(28)26(17-18-9-5-3-6-10-18)22(19-11-7-4-8-12-19)30-23(27)20-13-15-21(25)16-14-20/h4,7-8,11-16,18,22H,2-3,5-6,9-10,17H2,1H3. The Kier molecular flexibility index (Phi) is 8.31. The van der Waals surface area contributed by atoms with Crippen LogP contribution < -0.4 is 0 Å². The Morgan fingerprint density at radius 2 is 1.70 bits per heavy atom. The number of hydrogen-bond donors (Lipinski definition) is 0. The number of ether oxygens (including phenoxy) is 2. The van der Waals surface area contributed by atoms with E-state index in [4.69, 9.17) is 9.47 Å². The number of rotatable bonds is 7. The summed E-state index contributed by atoms with van der Waals surface area (Å²) in [4.78, 5) is 27.4. The fourth-order valence-corrected chi connectivity index (χ4v) is 4.07. The van der Waals surface area contributed by atoms with E-state index < -0.39 is 18.3 Å². The van der Waals surface area contributed by atoms with Crippen LogP contribution >= 0.6 is 15.9 Å². The van der Waals surface area contributed by atoms with Gasteiger partial charge < -0.3 is 9.47 Å². The third-order valence-corrected chi connectivity index (χ3v) is 5.88. The topological polar surface area (TPSA) is 55.8 Å². The van der Waals surface area contributed by atoms with Gasteiger partial charge in [0.15, 0.2) is 0 Å². The molecule has 30 heavy (non-hydrogen) atoms.